The van der Waals surface area contributed by atoms with Crippen molar-refractivity contribution in [2.24, 2.45) is 13.0 Å². The van der Waals surface area contributed by atoms with Crippen LogP contribution in [0.4, 0.5) is 5.69 Å². The van der Waals surface area contributed by atoms with E-state index in [1.807, 2.05) is 27.1 Å². The van der Waals surface area contributed by atoms with Crippen LogP contribution in [0.2, 0.25) is 0 Å². The molecule has 2 aromatic rings. The van der Waals surface area contributed by atoms with Crippen molar-refractivity contribution in [2.45, 2.75) is 19.9 Å². The summed E-state index contributed by atoms with van der Waals surface area (Å²) in [5.74, 6) is -0.746. The summed E-state index contributed by atoms with van der Waals surface area (Å²) in [6, 6.07) is 4.07. The molecule has 7 heteroatoms. The van der Waals surface area contributed by atoms with Gasteiger partial charge in [-0.25, -0.2) is 0 Å². The third-order valence-electron chi connectivity index (χ3n) is 3.74. The molecule has 0 aliphatic carbocycles. The fraction of sp³-hybridized carbons (Fsp3) is 0.278. The molecule has 132 valence electrons. The Morgan fingerprint density at radius 2 is 2.08 bits per heavy atom. The number of amides is 2. The first-order chi connectivity index (χ1) is 11.8. The molecule has 1 aromatic heterocycles. The van der Waals surface area contributed by atoms with Crippen LogP contribution in [0.25, 0.3) is 0 Å². The summed E-state index contributed by atoms with van der Waals surface area (Å²) in [6.07, 6.45) is 4.67. The lowest BCUT2D eigenvalue weighted by atomic mass is 9.98. The molecule has 0 radical (unpaired) electrons. The number of hydrogen-bond donors (Lipinski definition) is 3. The van der Waals surface area contributed by atoms with Crippen molar-refractivity contribution in [1.29, 1.82) is 0 Å². The number of aromatic nitrogens is 2. The average Bonchev–Trinajstić information content (AvgIpc) is 2.99. The van der Waals surface area contributed by atoms with Crippen LogP contribution in [0.5, 0.6) is 5.75 Å². The van der Waals surface area contributed by atoms with E-state index >= 15 is 0 Å². The van der Waals surface area contributed by atoms with Crippen LogP contribution in [-0.2, 0) is 11.8 Å². The van der Waals surface area contributed by atoms with E-state index in [-0.39, 0.29) is 29.3 Å². The van der Waals surface area contributed by atoms with Gasteiger partial charge in [-0.2, -0.15) is 5.10 Å². The van der Waals surface area contributed by atoms with E-state index < -0.39 is 5.91 Å². The zero-order chi connectivity index (χ0) is 18.6. The molecule has 2 rings (SSSR count). The van der Waals surface area contributed by atoms with Gasteiger partial charge in [0.1, 0.15) is 5.75 Å². The van der Waals surface area contributed by atoms with Gasteiger partial charge in [0.2, 0.25) is 5.91 Å². The highest BCUT2D eigenvalue weighted by atomic mass is 16.3. The Morgan fingerprint density at radius 3 is 2.64 bits per heavy atom. The Morgan fingerprint density at radius 1 is 1.36 bits per heavy atom. The number of phenolic OH excluding ortho intramolecular Hbond substituents is 1. The second kappa shape index (κ2) is 7.65. The van der Waals surface area contributed by atoms with Gasteiger partial charge >= 0.3 is 0 Å². The highest BCUT2D eigenvalue weighted by molar-refractivity contribution is 6.02. The van der Waals surface area contributed by atoms with E-state index in [9.17, 15) is 14.7 Å². The lowest BCUT2D eigenvalue weighted by Crippen LogP contribution is -2.31. The number of anilines is 1. The van der Waals surface area contributed by atoms with Crippen LogP contribution >= 0.6 is 0 Å². The van der Waals surface area contributed by atoms with Gasteiger partial charge in [-0.3, -0.25) is 14.3 Å². The van der Waals surface area contributed by atoms with E-state index in [4.69, 9.17) is 0 Å². The molecule has 1 atom stereocenters. The summed E-state index contributed by atoms with van der Waals surface area (Å²) < 4.78 is 1.68. The number of benzene rings is 1. The van der Waals surface area contributed by atoms with Gasteiger partial charge in [-0.15, -0.1) is 0 Å². The lowest BCUT2D eigenvalue weighted by Gasteiger charge is -2.21. The van der Waals surface area contributed by atoms with Crippen molar-refractivity contribution in [2.75, 3.05) is 5.32 Å². The van der Waals surface area contributed by atoms with Crippen molar-refractivity contribution in [3.05, 3.63) is 54.4 Å². The van der Waals surface area contributed by atoms with Gasteiger partial charge in [0, 0.05) is 24.4 Å². The number of nitrogens with zero attached hydrogens (tertiary/aromatic N) is 2. The van der Waals surface area contributed by atoms with Crippen LogP contribution < -0.4 is 10.6 Å². The molecule has 1 aromatic carbocycles. The monoisotopic (exact) mass is 342 g/mol. The summed E-state index contributed by atoms with van der Waals surface area (Å²) in [6.45, 7) is 7.37. The zero-order valence-corrected chi connectivity index (χ0v) is 14.5. The van der Waals surface area contributed by atoms with Crippen molar-refractivity contribution in [3.8, 4) is 5.75 Å². The third-order valence-corrected chi connectivity index (χ3v) is 3.74. The molecular formula is C18H22N4O3. The number of carbonyl (C=O) groups is 2. The Hall–Kier alpha value is -3.09. The predicted molar refractivity (Wildman–Crippen MR) is 95.2 cm³/mol. The number of hydrogen-bond acceptors (Lipinski definition) is 4. The predicted octanol–water partition coefficient (Wildman–Crippen LogP) is 2.38. The molecule has 0 aliphatic rings. The first-order valence-corrected chi connectivity index (χ1v) is 7.87. The SMILES string of the molecule is C=CC(=O)Nc1cc(C(=O)NC(c2cnn(C)c2)C(C)C)ccc1O. The molecule has 0 bridgehead atoms. The van der Waals surface area contributed by atoms with Crippen LogP contribution in [0.3, 0.4) is 0 Å². The largest absolute Gasteiger partial charge is 0.506 e. The third kappa shape index (κ3) is 4.47. The van der Waals surface area contributed by atoms with Gasteiger partial charge in [-0.05, 0) is 30.2 Å². The summed E-state index contributed by atoms with van der Waals surface area (Å²) in [5.41, 5.74) is 1.39. The maximum Gasteiger partial charge on any atom is 0.251 e. The summed E-state index contributed by atoms with van der Waals surface area (Å²) in [7, 11) is 1.82. The second-order valence-corrected chi connectivity index (χ2v) is 6.07. The Bertz CT molecular complexity index is 795. The number of aromatic hydroxyl groups is 1. The van der Waals surface area contributed by atoms with Gasteiger partial charge in [-0.1, -0.05) is 20.4 Å². The van der Waals surface area contributed by atoms with Crippen LogP contribution in [0.15, 0.2) is 43.2 Å². The van der Waals surface area contributed by atoms with Crippen molar-refractivity contribution >= 4 is 17.5 Å². The molecular weight excluding hydrogens is 320 g/mol. The number of nitrogens with one attached hydrogen (secondary N) is 2. The fourth-order valence-corrected chi connectivity index (χ4v) is 2.42. The summed E-state index contributed by atoms with van der Waals surface area (Å²) >= 11 is 0. The molecule has 0 fully saturated rings. The first-order valence-electron chi connectivity index (χ1n) is 7.87. The Labute approximate surface area is 146 Å². The standard InChI is InChI=1S/C18H22N4O3/c1-5-16(24)20-14-8-12(6-7-15(14)23)18(25)21-17(11(2)3)13-9-19-22(4)10-13/h5-11,17,23H,1H2,2-4H3,(H,20,24)(H,21,25). The Kier molecular flexibility index (Phi) is 5.59. The molecule has 7 nitrogen and oxygen atoms in total. The molecule has 25 heavy (non-hydrogen) atoms. The number of rotatable bonds is 6. The normalized spacial score (nSPS) is 11.8. The van der Waals surface area contributed by atoms with Crippen molar-refractivity contribution in [3.63, 3.8) is 0 Å². The van der Waals surface area contributed by atoms with E-state index in [1.54, 1.807) is 10.9 Å². The fourth-order valence-electron chi connectivity index (χ4n) is 2.42. The van der Waals surface area contributed by atoms with E-state index in [0.717, 1.165) is 11.6 Å². The molecule has 0 aliphatic heterocycles. The van der Waals surface area contributed by atoms with Gasteiger partial charge in [0.05, 0.1) is 17.9 Å². The maximum absolute atomic E-state index is 12.6. The minimum absolute atomic E-state index is 0.126. The quantitative estimate of drug-likeness (QED) is 0.555. The Balaban J connectivity index is 2.22. The van der Waals surface area contributed by atoms with E-state index in [1.165, 1.54) is 18.2 Å². The van der Waals surface area contributed by atoms with E-state index in [2.05, 4.69) is 22.3 Å². The minimum atomic E-state index is -0.469. The number of carbonyl (C=O) groups excluding carboxylic acids is 2. The van der Waals surface area contributed by atoms with Crippen molar-refractivity contribution < 1.29 is 14.7 Å². The zero-order valence-electron chi connectivity index (χ0n) is 14.5. The summed E-state index contributed by atoms with van der Waals surface area (Å²) in [5, 5.41) is 19.4. The average molecular weight is 342 g/mol. The van der Waals surface area contributed by atoms with Crippen molar-refractivity contribution in [1.82, 2.24) is 15.1 Å². The number of aryl methyl sites for hydroxylation is 1. The molecule has 2 amide bonds. The van der Waals surface area contributed by atoms with E-state index in [0.29, 0.717) is 5.56 Å². The maximum atomic E-state index is 12.6. The highest BCUT2D eigenvalue weighted by Crippen LogP contribution is 2.26. The van der Waals surface area contributed by atoms with Gasteiger partial charge in [0.25, 0.3) is 5.91 Å². The molecule has 0 saturated carbocycles. The molecule has 1 heterocycles. The van der Waals surface area contributed by atoms with Gasteiger partial charge < -0.3 is 15.7 Å². The highest BCUT2D eigenvalue weighted by Gasteiger charge is 2.21. The summed E-state index contributed by atoms with van der Waals surface area (Å²) in [4.78, 5) is 24.0. The topological polar surface area (TPSA) is 96.3 Å². The lowest BCUT2D eigenvalue weighted by molar-refractivity contribution is -0.111. The smallest absolute Gasteiger partial charge is 0.251 e. The van der Waals surface area contributed by atoms with Crippen LogP contribution in [0.1, 0.15) is 35.8 Å². The molecule has 1 unspecified atom stereocenters. The molecule has 0 spiro atoms. The van der Waals surface area contributed by atoms with Crippen LogP contribution in [0, 0.1) is 5.92 Å². The molecule has 0 saturated heterocycles. The molecule has 3 N–H and O–H groups in total. The number of phenols is 1. The second-order valence-electron chi connectivity index (χ2n) is 6.07. The van der Waals surface area contributed by atoms with Gasteiger partial charge in [0.15, 0.2) is 0 Å². The minimum Gasteiger partial charge on any atom is -0.506 e. The first kappa shape index (κ1) is 18.3. The van der Waals surface area contributed by atoms with Crippen LogP contribution in [-0.4, -0.2) is 26.7 Å².